The highest BCUT2D eigenvalue weighted by atomic mass is 16.2. The van der Waals surface area contributed by atoms with Gasteiger partial charge in [-0.15, -0.1) is 0 Å². The minimum Gasteiger partial charge on any atom is -0.322 e. The Bertz CT molecular complexity index is 1070. The molecular formula is C22H20N4O4. The second-order valence-electron chi connectivity index (χ2n) is 6.75. The summed E-state index contributed by atoms with van der Waals surface area (Å²) in [5.41, 5.74) is 1.77. The van der Waals surface area contributed by atoms with E-state index in [2.05, 4.69) is 15.7 Å². The number of hydrogen-bond donors (Lipinski definition) is 2. The molecule has 8 heteroatoms. The van der Waals surface area contributed by atoms with Crippen LogP contribution in [0.3, 0.4) is 0 Å². The summed E-state index contributed by atoms with van der Waals surface area (Å²) in [6.07, 6.45) is 1.44. The van der Waals surface area contributed by atoms with Gasteiger partial charge in [0.2, 0.25) is 0 Å². The van der Waals surface area contributed by atoms with Crippen molar-refractivity contribution in [3.8, 4) is 0 Å². The molecule has 2 aromatic carbocycles. The van der Waals surface area contributed by atoms with Gasteiger partial charge in [-0.25, -0.2) is 0 Å². The summed E-state index contributed by atoms with van der Waals surface area (Å²) in [5, 5.41) is 9.43. The zero-order valence-corrected chi connectivity index (χ0v) is 16.7. The van der Waals surface area contributed by atoms with Gasteiger partial charge < -0.3 is 10.6 Å². The number of nitrogens with one attached hydrogen (secondary N) is 2. The standard InChI is InChI=1S/C22H20N4O4/c1-13(27)15-6-4-8-17(10-15)23-21(29)19-12-26(3)25-20(19)22(30)24-18-9-5-7-16(11-18)14(2)28/h4-12H,1-3H3,(H,23,29)(H,24,30). The van der Waals surface area contributed by atoms with E-state index in [0.29, 0.717) is 22.5 Å². The van der Waals surface area contributed by atoms with E-state index in [1.54, 1.807) is 55.6 Å². The van der Waals surface area contributed by atoms with Crippen LogP contribution < -0.4 is 10.6 Å². The van der Waals surface area contributed by atoms with Crippen LogP contribution in [0.25, 0.3) is 0 Å². The van der Waals surface area contributed by atoms with Gasteiger partial charge in [0.1, 0.15) is 0 Å². The first-order chi connectivity index (χ1) is 14.2. The Hall–Kier alpha value is -4.07. The number of carbonyl (C=O) groups is 4. The summed E-state index contributed by atoms with van der Waals surface area (Å²) in [7, 11) is 1.60. The molecule has 0 fully saturated rings. The lowest BCUT2D eigenvalue weighted by Gasteiger charge is -2.08. The summed E-state index contributed by atoms with van der Waals surface area (Å²) < 4.78 is 1.36. The zero-order valence-electron chi connectivity index (χ0n) is 16.7. The van der Waals surface area contributed by atoms with Crippen LogP contribution in [-0.2, 0) is 7.05 Å². The van der Waals surface area contributed by atoms with Crippen LogP contribution in [0, 0.1) is 0 Å². The molecule has 1 aromatic heterocycles. The molecule has 152 valence electrons. The number of aromatic nitrogens is 2. The Morgan fingerprint density at radius 3 is 1.80 bits per heavy atom. The quantitative estimate of drug-likeness (QED) is 0.613. The smallest absolute Gasteiger partial charge is 0.276 e. The predicted octanol–water partition coefficient (Wildman–Crippen LogP) is 3.33. The van der Waals surface area contributed by atoms with Crippen molar-refractivity contribution in [1.82, 2.24) is 9.78 Å². The zero-order chi connectivity index (χ0) is 21.8. The van der Waals surface area contributed by atoms with Crippen molar-refractivity contribution in [3.05, 3.63) is 77.1 Å². The topological polar surface area (TPSA) is 110 Å². The van der Waals surface area contributed by atoms with Gasteiger partial charge in [0, 0.05) is 35.7 Å². The van der Waals surface area contributed by atoms with Crippen molar-refractivity contribution < 1.29 is 19.2 Å². The third kappa shape index (κ3) is 4.67. The second-order valence-corrected chi connectivity index (χ2v) is 6.75. The lowest BCUT2D eigenvalue weighted by atomic mass is 10.1. The fraction of sp³-hybridized carbons (Fsp3) is 0.136. The van der Waals surface area contributed by atoms with Crippen molar-refractivity contribution in [2.75, 3.05) is 10.6 Å². The molecule has 0 aliphatic heterocycles. The van der Waals surface area contributed by atoms with Gasteiger partial charge in [0.25, 0.3) is 11.8 Å². The third-order valence-electron chi connectivity index (χ3n) is 4.34. The first-order valence-corrected chi connectivity index (χ1v) is 9.13. The molecule has 3 aromatic rings. The maximum Gasteiger partial charge on any atom is 0.276 e. The number of aryl methyl sites for hydroxylation is 1. The number of carbonyl (C=O) groups excluding carboxylic acids is 4. The van der Waals surface area contributed by atoms with E-state index in [-0.39, 0.29) is 22.8 Å². The highest BCUT2D eigenvalue weighted by molar-refractivity contribution is 6.14. The van der Waals surface area contributed by atoms with Crippen LogP contribution in [0.2, 0.25) is 0 Å². The number of nitrogens with zero attached hydrogens (tertiary/aromatic N) is 2. The molecule has 8 nitrogen and oxygen atoms in total. The molecular weight excluding hydrogens is 384 g/mol. The number of benzene rings is 2. The molecule has 3 rings (SSSR count). The lowest BCUT2D eigenvalue weighted by Crippen LogP contribution is -2.20. The number of amides is 2. The highest BCUT2D eigenvalue weighted by Crippen LogP contribution is 2.17. The molecule has 0 saturated carbocycles. The molecule has 2 N–H and O–H groups in total. The van der Waals surface area contributed by atoms with Gasteiger partial charge in [-0.2, -0.15) is 5.10 Å². The molecule has 1 heterocycles. The maximum atomic E-state index is 12.8. The number of rotatable bonds is 6. The first-order valence-electron chi connectivity index (χ1n) is 9.13. The second kappa shape index (κ2) is 8.52. The Morgan fingerprint density at radius 1 is 0.800 bits per heavy atom. The predicted molar refractivity (Wildman–Crippen MR) is 112 cm³/mol. The summed E-state index contributed by atoms with van der Waals surface area (Å²) in [4.78, 5) is 48.6. The van der Waals surface area contributed by atoms with Gasteiger partial charge in [-0.3, -0.25) is 23.9 Å². The average molecular weight is 404 g/mol. The largest absolute Gasteiger partial charge is 0.322 e. The highest BCUT2D eigenvalue weighted by Gasteiger charge is 2.22. The fourth-order valence-corrected chi connectivity index (χ4v) is 2.84. The van der Waals surface area contributed by atoms with Crippen molar-refractivity contribution in [3.63, 3.8) is 0 Å². The lowest BCUT2D eigenvalue weighted by molar-refractivity contribution is 0.0988. The minimum atomic E-state index is -0.584. The average Bonchev–Trinajstić information content (AvgIpc) is 3.10. The van der Waals surface area contributed by atoms with Crippen LogP contribution in [-0.4, -0.2) is 33.2 Å². The van der Waals surface area contributed by atoms with Gasteiger partial charge >= 0.3 is 0 Å². The summed E-state index contributed by atoms with van der Waals surface area (Å²) in [5.74, 6) is -1.37. The Balaban J connectivity index is 1.83. The molecule has 0 saturated heterocycles. The summed E-state index contributed by atoms with van der Waals surface area (Å²) >= 11 is 0. The van der Waals surface area contributed by atoms with Crippen molar-refractivity contribution >= 4 is 34.8 Å². The number of Topliss-reactive ketones (excluding diaryl/α,β-unsaturated/α-hetero) is 2. The maximum absolute atomic E-state index is 12.8. The van der Waals surface area contributed by atoms with Gasteiger partial charge in [-0.1, -0.05) is 24.3 Å². The molecule has 2 amide bonds. The summed E-state index contributed by atoms with van der Waals surface area (Å²) in [6, 6.07) is 13.0. The van der Waals surface area contributed by atoms with Gasteiger partial charge in [0.15, 0.2) is 17.3 Å². The number of ketones is 2. The summed E-state index contributed by atoms with van der Waals surface area (Å²) in [6.45, 7) is 2.87. The minimum absolute atomic E-state index is 0.0639. The van der Waals surface area contributed by atoms with Gasteiger partial charge in [-0.05, 0) is 38.1 Å². The fourth-order valence-electron chi connectivity index (χ4n) is 2.84. The van der Waals surface area contributed by atoms with E-state index in [4.69, 9.17) is 0 Å². The molecule has 0 aliphatic carbocycles. The van der Waals surface area contributed by atoms with E-state index in [1.807, 2.05) is 0 Å². The Labute approximate surface area is 172 Å². The van der Waals surface area contributed by atoms with Gasteiger partial charge in [0.05, 0.1) is 5.56 Å². The van der Waals surface area contributed by atoms with Crippen LogP contribution in [0.5, 0.6) is 0 Å². The van der Waals surface area contributed by atoms with E-state index in [9.17, 15) is 19.2 Å². The molecule has 0 unspecified atom stereocenters. The van der Waals surface area contributed by atoms with Crippen molar-refractivity contribution in [1.29, 1.82) is 0 Å². The van der Waals surface area contributed by atoms with Crippen molar-refractivity contribution in [2.45, 2.75) is 13.8 Å². The molecule has 0 aliphatic rings. The monoisotopic (exact) mass is 404 g/mol. The van der Waals surface area contributed by atoms with Crippen LogP contribution in [0.1, 0.15) is 55.4 Å². The third-order valence-corrected chi connectivity index (χ3v) is 4.34. The number of anilines is 2. The normalized spacial score (nSPS) is 10.4. The van der Waals surface area contributed by atoms with Crippen LogP contribution in [0.4, 0.5) is 11.4 Å². The molecule has 30 heavy (non-hydrogen) atoms. The molecule has 0 atom stereocenters. The SMILES string of the molecule is CC(=O)c1cccc(NC(=O)c2cn(C)nc2C(=O)Nc2cccc(C(C)=O)c2)c1. The van der Waals surface area contributed by atoms with E-state index in [0.717, 1.165) is 0 Å². The molecule has 0 radical (unpaired) electrons. The van der Waals surface area contributed by atoms with Crippen molar-refractivity contribution in [2.24, 2.45) is 7.05 Å². The van der Waals surface area contributed by atoms with E-state index in [1.165, 1.54) is 24.7 Å². The van der Waals surface area contributed by atoms with E-state index >= 15 is 0 Å². The van der Waals surface area contributed by atoms with Crippen LogP contribution >= 0.6 is 0 Å². The Morgan fingerprint density at radius 2 is 1.30 bits per heavy atom. The Kier molecular flexibility index (Phi) is 5.87. The van der Waals surface area contributed by atoms with Crippen LogP contribution in [0.15, 0.2) is 54.7 Å². The molecule has 0 bridgehead atoms. The van der Waals surface area contributed by atoms with E-state index < -0.39 is 11.8 Å². The number of hydrogen-bond acceptors (Lipinski definition) is 5. The first kappa shape index (κ1) is 20.7. The molecule has 0 spiro atoms.